The number of imidazole rings is 1. The third kappa shape index (κ3) is 11.3. The van der Waals surface area contributed by atoms with Gasteiger partial charge in [-0.15, -0.1) is 12.8 Å². The van der Waals surface area contributed by atoms with Crippen LogP contribution in [0.15, 0.2) is 79.4 Å². The smallest absolute Gasteiger partial charge is 0.124 e. The van der Waals surface area contributed by atoms with Crippen molar-refractivity contribution in [2.75, 3.05) is 26.2 Å². The molecule has 0 aliphatic carbocycles. The van der Waals surface area contributed by atoms with Gasteiger partial charge < -0.3 is 9.72 Å². The first-order valence-electron chi connectivity index (χ1n) is 17.9. The van der Waals surface area contributed by atoms with E-state index in [2.05, 4.69) is 144 Å². The van der Waals surface area contributed by atoms with Crippen LogP contribution in [0.4, 0.5) is 0 Å². The van der Waals surface area contributed by atoms with E-state index in [-0.39, 0.29) is 0 Å². The van der Waals surface area contributed by atoms with Crippen LogP contribution in [0.1, 0.15) is 85.9 Å². The summed E-state index contributed by atoms with van der Waals surface area (Å²) >= 11 is 0. The Morgan fingerprint density at radius 1 is 0.898 bits per heavy atom. The minimum atomic E-state index is 0.625. The second kappa shape index (κ2) is 20.1. The zero-order valence-corrected chi connectivity index (χ0v) is 31.0. The quantitative estimate of drug-likeness (QED) is 0.0694. The topological polar surface area (TPSA) is 66.9 Å². The second-order valence-electron chi connectivity index (χ2n) is 13.2. The van der Waals surface area contributed by atoms with Crippen molar-refractivity contribution in [2.24, 2.45) is 17.8 Å². The van der Waals surface area contributed by atoms with Crippen LogP contribution in [-0.2, 0) is 4.74 Å². The molecule has 0 aliphatic heterocycles. The van der Waals surface area contributed by atoms with Gasteiger partial charge in [0.1, 0.15) is 12.4 Å². The Morgan fingerprint density at radius 2 is 1.67 bits per heavy atom. The number of benzene rings is 1. The molecule has 1 aromatic carbocycles. The highest BCUT2D eigenvalue weighted by Gasteiger charge is 2.17. The molecule has 0 saturated heterocycles. The van der Waals surface area contributed by atoms with Crippen molar-refractivity contribution in [1.82, 2.24) is 24.8 Å². The van der Waals surface area contributed by atoms with Gasteiger partial charge in [-0.2, -0.15) is 0 Å². The van der Waals surface area contributed by atoms with Crippen molar-refractivity contribution >= 4 is 22.2 Å². The standard InChI is InChI=1S/C41H55N5O.C2H2/c1-9-12-13-15-31(7)40-41(45-28-44-40)33-16-18-37-35(22-33)23-36(25-43-37)38-19-17-34(24-42-38)39(14-10-2)47-21-20-46(26-29(4)5)27-32(8)30(6)11-3;1-2/h12-19,22-25,28-30,32H,9-11,20-21,26-27H2,1-8H3,(H,44,45);1-2H/b13-12-,31-15+,39-14-;. The molecule has 2 unspecified atom stereocenters. The molecule has 0 aliphatic rings. The highest BCUT2D eigenvalue weighted by molar-refractivity contribution is 5.88. The lowest BCUT2D eigenvalue weighted by molar-refractivity contribution is 0.147. The average molecular weight is 660 g/mol. The number of ether oxygens (including phenoxy) is 1. The van der Waals surface area contributed by atoms with Crippen molar-refractivity contribution in [3.05, 3.63) is 90.7 Å². The molecule has 4 aromatic rings. The fourth-order valence-corrected chi connectivity index (χ4v) is 5.87. The van der Waals surface area contributed by atoms with Crippen molar-refractivity contribution < 1.29 is 4.74 Å². The normalized spacial score (nSPS) is 13.6. The van der Waals surface area contributed by atoms with E-state index in [9.17, 15) is 0 Å². The summed E-state index contributed by atoms with van der Waals surface area (Å²) in [5.41, 5.74) is 7.96. The fraction of sp³-hybridized carbons (Fsp3) is 0.419. The molecular formula is C43H57N5O. The third-order valence-corrected chi connectivity index (χ3v) is 8.88. The monoisotopic (exact) mass is 659 g/mol. The molecular weight excluding hydrogens is 603 g/mol. The summed E-state index contributed by atoms with van der Waals surface area (Å²) in [6, 6.07) is 12.7. The first-order valence-corrected chi connectivity index (χ1v) is 17.9. The molecule has 0 saturated carbocycles. The van der Waals surface area contributed by atoms with Crippen LogP contribution in [-0.4, -0.2) is 51.1 Å². The number of hydrogen-bond acceptors (Lipinski definition) is 5. The van der Waals surface area contributed by atoms with Gasteiger partial charge in [-0.25, -0.2) is 4.98 Å². The fourth-order valence-electron chi connectivity index (χ4n) is 5.87. The Hall–Kier alpha value is -4.47. The number of aromatic nitrogens is 4. The van der Waals surface area contributed by atoms with Crippen molar-refractivity contribution in [3.8, 4) is 35.4 Å². The van der Waals surface area contributed by atoms with E-state index in [4.69, 9.17) is 14.7 Å². The Labute approximate surface area is 295 Å². The van der Waals surface area contributed by atoms with E-state index in [1.165, 1.54) is 6.42 Å². The van der Waals surface area contributed by atoms with Crippen LogP contribution < -0.4 is 0 Å². The van der Waals surface area contributed by atoms with Crippen LogP contribution in [0.25, 0.3) is 44.7 Å². The summed E-state index contributed by atoms with van der Waals surface area (Å²) < 4.78 is 6.41. The first kappa shape index (κ1) is 39.0. The number of terminal acetylenes is 1. The van der Waals surface area contributed by atoms with Gasteiger partial charge in [-0.3, -0.25) is 14.9 Å². The number of aromatic amines is 1. The second-order valence-corrected chi connectivity index (χ2v) is 13.2. The van der Waals surface area contributed by atoms with Gasteiger partial charge in [0.05, 0.1) is 28.9 Å². The van der Waals surface area contributed by atoms with Crippen LogP contribution in [0.5, 0.6) is 0 Å². The molecule has 2 atom stereocenters. The van der Waals surface area contributed by atoms with E-state index >= 15 is 0 Å². The minimum Gasteiger partial charge on any atom is -0.492 e. The summed E-state index contributed by atoms with van der Waals surface area (Å²) in [5.74, 6) is 2.91. The number of pyridine rings is 2. The number of fused-ring (bicyclic) bond motifs is 1. The average Bonchev–Trinajstić information content (AvgIpc) is 3.61. The minimum absolute atomic E-state index is 0.625. The number of nitrogens with zero attached hydrogens (tertiary/aromatic N) is 4. The lowest BCUT2D eigenvalue weighted by Gasteiger charge is -2.29. The van der Waals surface area contributed by atoms with Gasteiger partial charge in [0.25, 0.3) is 0 Å². The number of H-pyrrole nitrogens is 1. The molecule has 0 bridgehead atoms. The summed E-state index contributed by atoms with van der Waals surface area (Å²) in [6.45, 7) is 21.8. The maximum absolute atomic E-state index is 6.41. The first-order chi connectivity index (χ1) is 23.7. The third-order valence-electron chi connectivity index (χ3n) is 8.88. The van der Waals surface area contributed by atoms with E-state index in [0.29, 0.717) is 18.4 Å². The van der Waals surface area contributed by atoms with Crippen LogP contribution >= 0.6 is 0 Å². The predicted octanol–water partition coefficient (Wildman–Crippen LogP) is 10.7. The summed E-state index contributed by atoms with van der Waals surface area (Å²) in [4.78, 5) is 20.1. The largest absolute Gasteiger partial charge is 0.492 e. The van der Waals surface area contributed by atoms with Crippen molar-refractivity contribution in [3.63, 3.8) is 0 Å². The van der Waals surface area contributed by atoms with Gasteiger partial charge >= 0.3 is 0 Å². The van der Waals surface area contributed by atoms with Gasteiger partial charge in [0, 0.05) is 54.1 Å². The highest BCUT2D eigenvalue weighted by atomic mass is 16.5. The number of allylic oxidation sites excluding steroid dienone is 5. The molecule has 260 valence electrons. The van der Waals surface area contributed by atoms with Crippen molar-refractivity contribution in [1.29, 1.82) is 0 Å². The van der Waals surface area contributed by atoms with Crippen molar-refractivity contribution in [2.45, 2.75) is 74.7 Å². The molecule has 49 heavy (non-hydrogen) atoms. The summed E-state index contributed by atoms with van der Waals surface area (Å²) in [7, 11) is 0. The van der Waals surface area contributed by atoms with Gasteiger partial charge in [-0.1, -0.05) is 79.2 Å². The Balaban J connectivity index is 0.00000319. The lowest BCUT2D eigenvalue weighted by atomic mass is 9.93. The molecule has 6 nitrogen and oxygen atoms in total. The van der Waals surface area contributed by atoms with E-state index in [1.807, 2.05) is 12.4 Å². The van der Waals surface area contributed by atoms with Gasteiger partial charge in [0.15, 0.2) is 0 Å². The van der Waals surface area contributed by atoms with Crippen LogP contribution in [0, 0.1) is 30.6 Å². The number of nitrogens with one attached hydrogen (secondary N) is 1. The maximum Gasteiger partial charge on any atom is 0.124 e. The Bertz CT molecular complexity index is 1690. The number of hydrogen-bond donors (Lipinski definition) is 1. The van der Waals surface area contributed by atoms with Crippen LogP contribution in [0.2, 0.25) is 0 Å². The summed E-state index contributed by atoms with van der Waals surface area (Å²) in [6.07, 6.45) is 25.2. The maximum atomic E-state index is 6.41. The Morgan fingerprint density at radius 3 is 2.35 bits per heavy atom. The predicted molar refractivity (Wildman–Crippen MR) is 210 cm³/mol. The lowest BCUT2D eigenvalue weighted by Crippen LogP contribution is -2.36. The zero-order chi connectivity index (χ0) is 35.8. The molecule has 4 rings (SSSR count). The molecule has 1 N–H and O–H groups in total. The molecule has 3 heterocycles. The van der Waals surface area contributed by atoms with Gasteiger partial charge in [0.2, 0.25) is 0 Å². The molecule has 6 heteroatoms. The number of rotatable bonds is 17. The molecule has 0 fully saturated rings. The highest BCUT2D eigenvalue weighted by Crippen LogP contribution is 2.30. The van der Waals surface area contributed by atoms with Crippen LogP contribution in [0.3, 0.4) is 0 Å². The SMILES string of the molecule is C#C.CC/C=C\C=C(/C)c1nc[nH]c1-c1ccc2ncc(-c3ccc(/C(=C/CC)OCCN(CC(C)C)CC(C)C(C)CC)cn3)cc2c1. The van der Waals surface area contributed by atoms with E-state index in [1.54, 1.807) is 6.33 Å². The molecule has 3 aromatic heterocycles. The molecule has 0 amide bonds. The molecule has 0 spiro atoms. The van der Waals surface area contributed by atoms with E-state index in [0.717, 1.165) is 94.4 Å². The molecule has 0 radical (unpaired) electrons. The zero-order valence-electron chi connectivity index (χ0n) is 31.0. The Kier molecular flexibility index (Phi) is 16.0. The van der Waals surface area contributed by atoms with Gasteiger partial charge in [-0.05, 0) is 79.5 Å². The summed E-state index contributed by atoms with van der Waals surface area (Å²) in [5, 5.41) is 1.06. The van der Waals surface area contributed by atoms with E-state index < -0.39 is 0 Å².